The van der Waals surface area contributed by atoms with E-state index in [0.29, 0.717) is 16.9 Å². The maximum Gasteiger partial charge on any atom is 0.271 e. The Bertz CT molecular complexity index is 1220. The number of thiophene rings is 1. The van der Waals surface area contributed by atoms with Crippen LogP contribution in [0.2, 0.25) is 0 Å². The minimum Gasteiger partial charge on any atom is -0.461 e. The Morgan fingerprint density at radius 2 is 2.14 bits per heavy atom. The Balaban J connectivity index is 1.81. The Morgan fingerprint density at radius 3 is 2.75 bits per heavy atom. The van der Waals surface area contributed by atoms with Gasteiger partial charge in [0.05, 0.1) is 11.8 Å². The molecule has 1 aliphatic rings. The highest BCUT2D eigenvalue weighted by Gasteiger charge is 2.34. The van der Waals surface area contributed by atoms with Gasteiger partial charge in [0, 0.05) is 24.0 Å². The van der Waals surface area contributed by atoms with Crippen LogP contribution in [0.5, 0.6) is 0 Å². The van der Waals surface area contributed by atoms with Gasteiger partial charge in [-0.1, -0.05) is 0 Å². The number of hydrogen-bond donors (Lipinski definition) is 0. The number of hydrogen-bond acceptors (Lipinski definition) is 6. The molecule has 28 heavy (non-hydrogen) atoms. The van der Waals surface area contributed by atoms with Gasteiger partial charge in [0.1, 0.15) is 16.5 Å². The van der Waals surface area contributed by atoms with Crippen LogP contribution < -0.4 is 0 Å². The Morgan fingerprint density at radius 1 is 1.36 bits per heavy atom. The summed E-state index contributed by atoms with van der Waals surface area (Å²) in [7, 11) is 1.90. The van der Waals surface area contributed by atoms with E-state index < -0.39 is 5.91 Å². The fraction of sp³-hybridized carbons (Fsp3) is 0.200. The molecule has 3 aromatic rings. The SMILES string of the molecule is CCN1C(=O)C(C#N)=C(C)/C(=C/c2cc3c(nc(-c4ccco4)n3C)s2)C1=O. The zero-order chi connectivity index (χ0) is 20.0. The van der Waals surface area contributed by atoms with Crippen molar-refractivity contribution < 1.29 is 14.0 Å². The second-order valence-corrected chi connectivity index (χ2v) is 7.40. The molecular weight excluding hydrogens is 376 g/mol. The minimum atomic E-state index is -0.536. The predicted octanol–water partition coefficient (Wildman–Crippen LogP) is 3.51. The minimum absolute atomic E-state index is 0.00652. The normalized spacial score (nSPS) is 16.5. The lowest BCUT2D eigenvalue weighted by molar-refractivity contribution is -0.140. The number of imidazole rings is 1. The highest BCUT2D eigenvalue weighted by Crippen LogP contribution is 2.33. The third-order valence-corrected chi connectivity index (χ3v) is 5.73. The summed E-state index contributed by atoms with van der Waals surface area (Å²) in [6.07, 6.45) is 3.33. The van der Waals surface area contributed by atoms with Crippen LogP contribution in [0, 0.1) is 11.3 Å². The number of furan rings is 1. The molecule has 1 aliphatic heterocycles. The van der Waals surface area contributed by atoms with Crippen molar-refractivity contribution in [3.05, 3.63) is 46.1 Å². The van der Waals surface area contributed by atoms with Gasteiger partial charge in [-0.15, -0.1) is 11.3 Å². The molecule has 0 spiro atoms. The summed E-state index contributed by atoms with van der Waals surface area (Å²) in [5.74, 6) is 0.490. The first kappa shape index (κ1) is 17.9. The number of likely N-dealkylation sites (N-methyl/N-ethyl adjacent to an activating group) is 1. The molecule has 0 N–H and O–H groups in total. The number of fused-ring (bicyclic) bond motifs is 1. The molecule has 0 saturated carbocycles. The van der Waals surface area contributed by atoms with E-state index in [1.807, 2.05) is 35.9 Å². The summed E-state index contributed by atoms with van der Waals surface area (Å²) < 4.78 is 7.36. The van der Waals surface area contributed by atoms with E-state index in [1.165, 1.54) is 11.3 Å². The van der Waals surface area contributed by atoms with Crippen LogP contribution in [-0.2, 0) is 16.6 Å². The predicted molar refractivity (Wildman–Crippen MR) is 105 cm³/mol. The number of nitriles is 1. The molecule has 0 atom stereocenters. The average molecular weight is 392 g/mol. The first-order chi connectivity index (χ1) is 13.5. The third-order valence-electron chi connectivity index (χ3n) is 4.77. The summed E-state index contributed by atoms with van der Waals surface area (Å²) in [6, 6.07) is 7.53. The van der Waals surface area contributed by atoms with Crippen LogP contribution in [-0.4, -0.2) is 32.8 Å². The molecule has 0 aromatic carbocycles. The molecule has 0 aliphatic carbocycles. The lowest BCUT2D eigenvalue weighted by atomic mass is 9.95. The van der Waals surface area contributed by atoms with Crippen molar-refractivity contribution in [1.82, 2.24) is 14.5 Å². The number of carbonyl (C=O) groups is 2. The van der Waals surface area contributed by atoms with E-state index in [9.17, 15) is 14.9 Å². The van der Waals surface area contributed by atoms with Crippen molar-refractivity contribution >= 4 is 39.6 Å². The summed E-state index contributed by atoms with van der Waals surface area (Å²) in [4.78, 5) is 32.4. The second kappa shape index (κ2) is 6.62. The standard InChI is InChI=1S/C20H16N4O3S/c1-4-24-19(25)13(11(2)14(10-21)20(24)26)8-12-9-15-18(28-12)22-17(23(15)3)16-6-5-7-27-16/h5-9H,4H2,1-3H3/b13-8-. The second-order valence-electron chi connectivity index (χ2n) is 6.34. The van der Waals surface area contributed by atoms with Crippen molar-refractivity contribution in [3.8, 4) is 17.7 Å². The maximum absolute atomic E-state index is 12.7. The summed E-state index contributed by atoms with van der Waals surface area (Å²) >= 11 is 1.43. The number of aryl methyl sites for hydroxylation is 1. The molecule has 0 unspecified atom stereocenters. The van der Waals surface area contributed by atoms with Crippen molar-refractivity contribution in [1.29, 1.82) is 5.26 Å². The average Bonchev–Trinajstić information content (AvgIpc) is 3.38. The molecule has 0 bridgehead atoms. The molecule has 7 nitrogen and oxygen atoms in total. The largest absolute Gasteiger partial charge is 0.461 e. The van der Waals surface area contributed by atoms with Gasteiger partial charge < -0.3 is 8.98 Å². The lowest BCUT2D eigenvalue weighted by Gasteiger charge is -2.26. The van der Waals surface area contributed by atoms with Gasteiger partial charge in [-0.3, -0.25) is 14.5 Å². The van der Waals surface area contributed by atoms with E-state index in [0.717, 1.165) is 25.9 Å². The van der Waals surface area contributed by atoms with Crippen molar-refractivity contribution in [2.24, 2.45) is 7.05 Å². The molecule has 3 aromatic heterocycles. The Labute approximate surface area is 164 Å². The zero-order valence-corrected chi connectivity index (χ0v) is 16.3. The highest BCUT2D eigenvalue weighted by atomic mass is 32.1. The lowest BCUT2D eigenvalue weighted by Crippen LogP contribution is -2.42. The third kappa shape index (κ3) is 2.60. The smallest absolute Gasteiger partial charge is 0.271 e. The van der Waals surface area contributed by atoms with E-state index in [4.69, 9.17) is 4.42 Å². The topological polar surface area (TPSA) is 92.1 Å². The highest BCUT2D eigenvalue weighted by molar-refractivity contribution is 7.19. The molecule has 140 valence electrons. The number of nitrogens with zero attached hydrogens (tertiary/aromatic N) is 4. The quantitative estimate of drug-likeness (QED) is 0.502. The van der Waals surface area contributed by atoms with Gasteiger partial charge in [-0.2, -0.15) is 5.26 Å². The van der Waals surface area contributed by atoms with Gasteiger partial charge in [0.25, 0.3) is 11.8 Å². The van der Waals surface area contributed by atoms with Gasteiger partial charge >= 0.3 is 0 Å². The first-order valence-corrected chi connectivity index (χ1v) is 9.47. The molecule has 0 saturated heterocycles. The first-order valence-electron chi connectivity index (χ1n) is 8.65. The number of imide groups is 1. The summed E-state index contributed by atoms with van der Waals surface area (Å²) in [6.45, 7) is 3.56. The fourth-order valence-electron chi connectivity index (χ4n) is 3.25. The number of carbonyl (C=O) groups excluding carboxylic acids is 2. The van der Waals surface area contributed by atoms with Gasteiger partial charge in [-0.05, 0) is 43.7 Å². The van der Waals surface area contributed by atoms with Crippen molar-refractivity contribution in [2.45, 2.75) is 13.8 Å². The van der Waals surface area contributed by atoms with E-state index in [1.54, 1.807) is 26.2 Å². The number of rotatable bonds is 3. The van der Waals surface area contributed by atoms with Crippen LogP contribution in [0.4, 0.5) is 0 Å². The van der Waals surface area contributed by atoms with E-state index in [-0.39, 0.29) is 18.0 Å². The maximum atomic E-state index is 12.7. The van der Waals surface area contributed by atoms with Gasteiger partial charge in [0.2, 0.25) is 0 Å². The molecular formula is C20H16N4O3S. The Hall–Kier alpha value is -3.44. The van der Waals surface area contributed by atoms with Gasteiger partial charge in [-0.25, -0.2) is 4.98 Å². The Kier molecular flexibility index (Phi) is 4.24. The van der Waals surface area contributed by atoms with Crippen LogP contribution in [0.25, 0.3) is 28.0 Å². The molecule has 4 heterocycles. The molecule has 0 radical (unpaired) electrons. The zero-order valence-electron chi connectivity index (χ0n) is 15.5. The number of amides is 2. The van der Waals surface area contributed by atoms with Gasteiger partial charge in [0.15, 0.2) is 11.6 Å². The van der Waals surface area contributed by atoms with Crippen LogP contribution in [0.15, 0.2) is 45.6 Å². The fourth-order valence-corrected chi connectivity index (χ4v) is 4.26. The van der Waals surface area contributed by atoms with Crippen LogP contribution in [0.1, 0.15) is 18.7 Å². The molecule has 0 fully saturated rings. The van der Waals surface area contributed by atoms with Crippen LogP contribution >= 0.6 is 11.3 Å². The van der Waals surface area contributed by atoms with Crippen molar-refractivity contribution in [3.63, 3.8) is 0 Å². The van der Waals surface area contributed by atoms with Crippen LogP contribution in [0.3, 0.4) is 0 Å². The number of aromatic nitrogens is 2. The monoisotopic (exact) mass is 392 g/mol. The molecule has 4 rings (SSSR count). The molecule has 8 heteroatoms. The summed E-state index contributed by atoms with van der Waals surface area (Å²) in [5, 5.41) is 9.34. The van der Waals surface area contributed by atoms with E-state index >= 15 is 0 Å². The molecule has 2 amide bonds. The summed E-state index contributed by atoms with van der Waals surface area (Å²) in [5.41, 5.74) is 1.68. The van der Waals surface area contributed by atoms with Crippen molar-refractivity contribution in [2.75, 3.05) is 6.54 Å². The van der Waals surface area contributed by atoms with E-state index in [2.05, 4.69) is 4.98 Å².